The van der Waals surface area contributed by atoms with Crippen molar-refractivity contribution in [1.29, 1.82) is 0 Å². The van der Waals surface area contributed by atoms with Crippen molar-refractivity contribution in [2.24, 2.45) is 5.73 Å². The monoisotopic (exact) mass is 142 g/mol. The van der Waals surface area contributed by atoms with Gasteiger partial charge in [-0.2, -0.15) is 0 Å². The summed E-state index contributed by atoms with van der Waals surface area (Å²) in [7, 11) is 0. The van der Waals surface area contributed by atoms with Crippen molar-refractivity contribution in [2.75, 3.05) is 6.54 Å². The van der Waals surface area contributed by atoms with Crippen LogP contribution in [0.5, 0.6) is 0 Å². The molecule has 0 aromatic heterocycles. The zero-order chi connectivity index (χ0) is 7.72. The second kappa shape index (κ2) is 2.58. The summed E-state index contributed by atoms with van der Waals surface area (Å²) in [6, 6.07) is 0.0726. The molecule has 1 atom stereocenters. The van der Waals surface area contributed by atoms with Gasteiger partial charge in [0.05, 0.1) is 6.04 Å². The normalized spacial score (nSPS) is 26.6. The Kier molecular flexibility index (Phi) is 1.94. The smallest absolute Gasteiger partial charge is 0.239 e. The average Bonchev–Trinajstić information content (AvgIpc) is 2.14. The number of rotatable bonds is 1. The SMILES string of the molecule is CC(C)N1CC[C@@H](N)C1=O. The van der Waals surface area contributed by atoms with E-state index in [2.05, 4.69) is 0 Å². The molecule has 1 heterocycles. The van der Waals surface area contributed by atoms with E-state index >= 15 is 0 Å². The minimum absolute atomic E-state index is 0.106. The van der Waals surface area contributed by atoms with E-state index < -0.39 is 0 Å². The Labute approximate surface area is 61.2 Å². The second-order valence-electron chi connectivity index (χ2n) is 3.02. The predicted molar refractivity (Wildman–Crippen MR) is 39.4 cm³/mol. The highest BCUT2D eigenvalue weighted by Crippen LogP contribution is 2.11. The van der Waals surface area contributed by atoms with Gasteiger partial charge in [-0.25, -0.2) is 0 Å². The first kappa shape index (κ1) is 7.54. The molecule has 1 amide bonds. The topological polar surface area (TPSA) is 46.3 Å². The number of hydrogen-bond acceptors (Lipinski definition) is 2. The summed E-state index contributed by atoms with van der Waals surface area (Å²) in [5.74, 6) is 0.106. The van der Waals surface area contributed by atoms with Gasteiger partial charge in [-0.1, -0.05) is 0 Å². The number of carbonyl (C=O) groups is 1. The Morgan fingerprint density at radius 1 is 1.70 bits per heavy atom. The lowest BCUT2D eigenvalue weighted by atomic mass is 10.3. The quantitative estimate of drug-likeness (QED) is 0.558. The molecule has 0 unspecified atom stereocenters. The largest absolute Gasteiger partial charge is 0.339 e. The minimum Gasteiger partial charge on any atom is -0.339 e. The van der Waals surface area contributed by atoms with Crippen molar-refractivity contribution in [1.82, 2.24) is 4.90 Å². The number of hydrogen-bond donors (Lipinski definition) is 1. The van der Waals surface area contributed by atoms with Crippen LogP contribution in [0.4, 0.5) is 0 Å². The van der Waals surface area contributed by atoms with Crippen LogP contribution >= 0.6 is 0 Å². The second-order valence-corrected chi connectivity index (χ2v) is 3.02. The van der Waals surface area contributed by atoms with E-state index in [9.17, 15) is 4.79 Å². The highest BCUT2D eigenvalue weighted by Gasteiger charge is 2.29. The van der Waals surface area contributed by atoms with E-state index in [0.29, 0.717) is 6.04 Å². The fraction of sp³-hybridized carbons (Fsp3) is 0.857. The molecule has 0 bridgehead atoms. The van der Waals surface area contributed by atoms with E-state index in [1.165, 1.54) is 0 Å². The van der Waals surface area contributed by atoms with Crippen LogP contribution in [0.3, 0.4) is 0 Å². The van der Waals surface area contributed by atoms with Crippen molar-refractivity contribution in [3.8, 4) is 0 Å². The van der Waals surface area contributed by atoms with Crippen molar-refractivity contribution in [3.63, 3.8) is 0 Å². The summed E-state index contributed by atoms with van der Waals surface area (Å²) in [6.45, 7) is 4.85. The summed E-state index contributed by atoms with van der Waals surface area (Å²) in [5, 5.41) is 0. The first-order valence-electron chi connectivity index (χ1n) is 3.69. The molecular formula is C7H14N2O. The first-order chi connectivity index (χ1) is 4.63. The summed E-state index contributed by atoms with van der Waals surface area (Å²) >= 11 is 0. The summed E-state index contributed by atoms with van der Waals surface area (Å²) in [5.41, 5.74) is 5.52. The van der Waals surface area contributed by atoms with Crippen LogP contribution < -0.4 is 5.73 Å². The summed E-state index contributed by atoms with van der Waals surface area (Å²) in [6.07, 6.45) is 0.816. The first-order valence-corrected chi connectivity index (χ1v) is 3.69. The van der Waals surface area contributed by atoms with Crippen LogP contribution in [0.1, 0.15) is 20.3 Å². The van der Waals surface area contributed by atoms with Gasteiger partial charge in [-0.3, -0.25) is 4.79 Å². The molecule has 10 heavy (non-hydrogen) atoms. The predicted octanol–water partition coefficient (Wildman–Crippen LogP) is -0.0456. The van der Waals surface area contributed by atoms with Gasteiger partial charge in [0.25, 0.3) is 0 Å². The van der Waals surface area contributed by atoms with Crippen LogP contribution in [0.2, 0.25) is 0 Å². The highest BCUT2D eigenvalue weighted by molar-refractivity contribution is 5.83. The molecule has 2 N–H and O–H groups in total. The van der Waals surface area contributed by atoms with Gasteiger partial charge in [0.15, 0.2) is 0 Å². The minimum atomic E-state index is -0.234. The van der Waals surface area contributed by atoms with Gasteiger partial charge in [-0.15, -0.1) is 0 Å². The summed E-state index contributed by atoms with van der Waals surface area (Å²) < 4.78 is 0. The van der Waals surface area contributed by atoms with Gasteiger partial charge in [0.2, 0.25) is 5.91 Å². The van der Waals surface area contributed by atoms with E-state index in [-0.39, 0.29) is 11.9 Å². The maximum Gasteiger partial charge on any atom is 0.239 e. The summed E-state index contributed by atoms with van der Waals surface area (Å²) in [4.78, 5) is 13.0. The van der Waals surface area contributed by atoms with E-state index in [0.717, 1.165) is 13.0 Å². The molecule has 1 saturated heterocycles. The number of nitrogens with zero attached hydrogens (tertiary/aromatic N) is 1. The fourth-order valence-corrected chi connectivity index (χ4v) is 1.24. The third-order valence-corrected chi connectivity index (χ3v) is 1.90. The van der Waals surface area contributed by atoms with Crippen LogP contribution in [0, 0.1) is 0 Å². The van der Waals surface area contributed by atoms with Crippen molar-refractivity contribution < 1.29 is 4.79 Å². The number of carbonyl (C=O) groups excluding carboxylic acids is 1. The van der Waals surface area contributed by atoms with Gasteiger partial charge in [0.1, 0.15) is 0 Å². The van der Waals surface area contributed by atoms with Gasteiger partial charge < -0.3 is 10.6 Å². The molecule has 0 aliphatic carbocycles. The molecule has 0 spiro atoms. The lowest BCUT2D eigenvalue weighted by Crippen LogP contribution is -2.37. The average molecular weight is 142 g/mol. The van der Waals surface area contributed by atoms with Gasteiger partial charge >= 0.3 is 0 Å². The van der Waals surface area contributed by atoms with E-state index in [4.69, 9.17) is 5.73 Å². The Balaban J connectivity index is 2.57. The third kappa shape index (κ3) is 1.14. The Hall–Kier alpha value is -0.570. The van der Waals surface area contributed by atoms with Crippen molar-refractivity contribution in [2.45, 2.75) is 32.4 Å². The van der Waals surface area contributed by atoms with E-state index in [1.54, 1.807) is 0 Å². The Morgan fingerprint density at radius 2 is 2.30 bits per heavy atom. The van der Waals surface area contributed by atoms with Crippen LogP contribution in [-0.4, -0.2) is 29.4 Å². The highest BCUT2D eigenvalue weighted by atomic mass is 16.2. The number of likely N-dealkylation sites (tertiary alicyclic amines) is 1. The maximum absolute atomic E-state index is 11.1. The molecule has 1 rings (SSSR count). The molecule has 3 heteroatoms. The van der Waals surface area contributed by atoms with Gasteiger partial charge in [0, 0.05) is 12.6 Å². The van der Waals surface area contributed by atoms with Crippen LogP contribution in [0.15, 0.2) is 0 Å². The number of nitrogens with two attached hydrogens (primary N) is 1. The molecule has 3 nitrogen and oxygen atoms in total. The lowest BCUT2D eigenvalue weighted by molar-refractivity contribution is -0.130. The lowest BCUT2D eigenvalue weighted by Gasteiger charge is -2.19. The molecule has 1 aliphatic heterocycles. The molecule has 1 fully saturated rings. The Morgan fingerprint density at radius 3 is 2.50 bits per heavy atom. The fourth-order valence-electron chi connectivity index (χ4n) is 1.24. The van der Waals surface area contributed by atoms with Gasteiger partial charge in [-0.05, 0) is 20.3 Å². The number of amides is 1. The molecule has 0 aromatic rings. The molecule has 0 radical (unpaired) electrons. The molecule has 0 saturated carbocycles. The van der Waals surface area contributed by atoms with Crippen LogP contribution in [-0.2, 0) is 4.79 Å². The molecule has 58 valence electrons. The van der Waals surface area contributed by atoms with Crippen molar-refractivity contribution in [3.05, 3.63) is 0 Å². The zero-order valence-corrected chi connectivity index (χ0v) is 6.50. The third-order valence-electron chi connectivity index (χ3n) is 1.90. The van der Waals surface area contributed by atoms with Crippen molar-refractivity contribution >= 4 is 5.91 Å². The standard InChI is InChI=1S/C7H14N2O/c1-5(2)9-4-3-6(8)7(9)10/h5-6H,3-4,8H2,1-2H3/t6-/m1/s1. The molecular weight excluding hydrogens is 128 g/mol. The molecule has 1 aliphatic rings. The maximum atomic E-state index is 11.1. The molecule has 0 aromatic carbocycles. The van der Waals surface area contributed by atoms with E-state index in [1.807, 2.05) is 18.7 Å². The van der Waals surface area contributed by atoms with Crippen LogP contribution in [0.25, 0.3) is 0 Å². The Bertz CT molecular complexity index is 145. The zero-order valence-electron chi connectivity index (χ0n) is 6.50.